The molecule has 0 bridgehead atoms. The van der Waals surface area contributed by atoms with Crippen LogP contribution in [0.4, 0.5) is 0 Å². The lowest BCUT2D eigenvalue weighted by Crippen LogP contribution is -2.40. The molecule has 3 heteroatoms. The first-order valence-electron chi connectivity index (χ1n) is 11.9. The van der Waals surface area contributed by atoms with Gasteiger partial charge < -0.3 is 9.84 Å². The van der Waals surface area contributed by atoms with Crippen molar-refractivity contribution < 1.29 is 14.6 Å². The van der Waals surface area contributed by atoms with Crippen molar-refractivity contribution in [3.63, 3.8) is 0 Å². The Hall–Kier alpha value is -2.13. The summed E-state index contributed by atoms with van der Waals surface area (Å²) in [6, 6.07) is 0. The molecule has 0 aromatic heterocycles. The molecule has 0 rings (SSSR count). The van der Waals surface area contributed by atoms with E-state index < -0.39 is 11.6 Å². The van der Waals surface area contributed by atoms with Gasteiger partial charge in [0.15, 0.2) is 5.60 Å². The Morgan fingerprint density at radius 2 is 1.06 bits per heavy atom. The van der Waals surface area contributed by atoms with Gasteiger partial charge >= 0.3 is 5.97 Å². The molecule has 0 saturated heterocycles. The van der Waals surface area contributed by atoms with Crippen LogP contribution in [0.2, 0.25) is 0 Å². The molecule has 1 N–H and O–H groups in total. The summed E-state index contributed by atoms with van der Waals surface area (Å²) in [6.45, 7) is 6.37. The van der Waals surface area contributed by atoms with Crippen molar-refractivity contribution >= 4 is 5.97 Å². The van der Waals surface area contributed by atoms with Gasteiger partial charge in [-0.25, -0.2) is 4.79 Å². The number of carbonyl (C=O) groups is 1. The van der Waals surface area contributed by atoms with Gasteiger partial charge in [-0.3, -0.25) is 0 Å². The molecule has 0 aromatic rings. The molecule has 3 nitrogen and oxygen atoms in total. The molecule has 0 amide bonds. The summed E-state index contributed by atoms with van der Waals surface area (Å²) in [7, 11) is 0. The monoisotopic (exact) mass is 428 g/mol. The van der Waals surface area contributed by atoms with Crippen LogP contribution >= 0.6 is 0 Å². The number of hydrogen-bond donors (Lipinski definition) is 1. The molecule has 0 aliphatic rings. The maximum atomic E-state index is 11.4. The molecule has 0 aromatic carbocycles. The standard InChI is InChI=1S/C28H44O3/c1-4-7-8-9-10-11-12-13-14-15-16-17-18-19-20-21-22-23-24-25-26-31-28(5-2,6-3)27(29)30/h7-8,10-11,13-14,16-17,19-20,22-23H,4-6,9,12,15,18,21,24-26H2,1-3H3,(H,29,30). The first kappa shape index (κ1) is 28.9. The zero-order valence-electron chi connectivity index (χ0n) is 20.0. The van der Waals surface area contributed by atoms with E-state index in [1.54, 1.807) is 0 Å². The van der Waals surface area contributed by atoms with Crippen molar-refractivity contribution in [1.82, 2.24) is 0 Å². The van der Waals surface area contributed by atoms with Gasteiger partial charge in [0.2, 0.25) is 0 Å². The first-order chi connectivity index (χ1) is 15.1. The Kier molecular flexibility index (Phi) is 19.7. The third-order valence-corrected chi connectivity index (χ3v) is 5.02. The summed E-state index contributed by atoms with van der Waals surface area (Å²) >= 11 is 0. The number of unbranched alkanes of at least 4 members (excludes halogenated alkanes) is 1. The smallest absolute Gasteiger partial charge is 0.335 e. The number of ether oxygens (including phenoxy) is 1. The minimum absolute atomic E-state index is 0.486. The highest BCUT2D eigenvalue weighted by atomic mass is 16.5. The quantitative estimate of drug-likeness (QED) is 0.167. The van der Waals surface area contributed by atoms with Gasteiger partial charge in [-0.05, 0) is 64.2 Å². The lowest BCUT2D eigenvalue weighted by molar-refractivity contribution is -0.167. The number of hydrogen-bond acceptors (Lipinski definition) is 2. The van der Waals surface area contributed by atoms with Crippen LogP contribution in [-0.4, -0.2) is 23.3 Å². The van der Waals surface area contributed by atoms with Crippen molar-refractivity contribution in [2.75, 3.05) is 6.61 Å². The van der Waals surface area contributed by atoms with Crippen LogP contribution in [0.3, 0.4) is 0 Å². The van der Waals surface area contributed by atoms with Crippen LogP contribution in [0.5, 0.6) is 0 Å². The topological polar surface area (TPSA) is 46.5 Å². The maximum Gasteiger partial charge on any atom is 0.335 e. The van der Waals surface area contributed by atoms with E-state index in [-0.39, 0.29) is 0 Å². The highest BCUT2D eigenvalue weighted by Crippen LogP contribution is 2.21. The molecule has 0 spiro atoms. The maximum absolute atomic E-state index is 11.4. The summed E-state index contributed by atoms with van der Waals surface area (Å²) < 4.78 is 5.66. The number of aliphatic carboxylic acids is 1. The van der Waals surface area contributed by atoms with E-state index in [0.717, 1.165) is 51.4 Å². The Morgan fingerprint density at radius 1 is 0.677 bits per heavy atom. The molecule has 0 radical (unpaired) electrons. The molecule has 0 fully saturated rings. The van der Waals surface area contributed by atoms with Gasteiger partial charge in [0, 0.05) is 6.61 Å². The molecule has 0 unspecified atom stereocenters. The number of rotatable bonds is 19. The molecule has 0 aliphatic carbocycles. The Morgan fingerprint density at radius 3 is 1.42 bits per heavy atom. The Bertz CT molecular complexity index is 602. The molecule has 174 valence electrons. The van der Waals surface area contributed by atoms with Gasteiger partial charge in [0.1, 0.15) is 0 Å². The van der Waals surface area contributed by atoms with Gasteiger partial charge in [-0.2, -0.15) is 0 Å². The van der Waals surface area contributed by atoms with Crippen molar-refractivity contribution in [3.05, 3.63) is 72.9 Å². The SMILES string of the molecule is CCC=CCC=CCC=CCC=CCC=CCC=CCCCOC(CC)(CC)C(=O)O. The third kappa shape index (κ3) is 16.3. The molecule has 0 aliphatic heterocycles. The molecule has 0 atom stereocenters. The van der Waals surface area contributed by atoms with Crippen LogP contribution in [0.25, 0.3) is 0 Å². The average molecular weight is 429 g/mol. The average Bonchev–Trinajstić information content (AvgIpc) is 2.77. The van der Waals surface area contributed by atoms with E-state index in [4.69, 9.17) is 4.74 Å². The minimum Gasteiger partial charge on any atom is -0.479 e. The molecular formula is C28H44O3. The second kappa shape index (κ2) is 21.1. The van der Waals surface area contributed by atoms with Gasteiger partial charge in [-0.1, -0.05) is 93.7 Å². The van der Waals surface area contributed by atoms with Crippen molar-refractivity contribution in [3.8, 4) is 0 Å². The van der Waals surface area contributed by atoms with Gasteiger partial charge in [0.05, 0.1) is 0 Å². The lowest BCUT2D eigenvalue weighted by atomic mass is 9.97. The van der Waals surface area contributed by atoms with E-state index in [1.807, 2.05) is 13.8 Å². The van der Waals surface area contributed by atoms with Crippen molar-refractivity contribution in [1.29, 1.82) is 0 Å². The fourth-order valence-electron chi connectivity index (χ4n) is 2.93. The second-order valence-electron chi connectivity index (χ2n) is 7.41. The zero-order chi connectivity index (χ0) is 23.0. The normalized spacial score (nSPS) is 13.4. The van der Waals surface area contributed by atoms with Crippen LogP contribution in [0, 0.1) is 0 Å². The molecule has 31 heavy (non-hydrogen) atoms. The zero-order valence-corrected chi connectivity index (χ0v) is 20.0. The number of carboxylic acid groups (broad SMARTS) is 1. The van der Waals surface area contributed by atoms with Crippen LogP contribution < -0.4 is 0 Å². The third-order valence-electron chi connectivity index (χ3n) is 5.02. The van der Waals surface area contributed by atoms with Crippen LogP contribution in [-0.2, 0) is 9.53 Å². The highest BCUT2D eigenvalue weighted by molar-refractivity contribution is 5.77. The first-order valence-corrected chi connectivity index (χ1v) is 11.9. The highest BCUT2D eigenvalue weighted by Gasteiger charge is 2.35. The summed E-state index contributed by atoms with van der Waals surface area (Å²) in [6.07, 6.45) is 35.1. The van der Waals surface area contributed by atoms with Crippen LogP contribution in [0.1, 0.15) is 85.0 Å². The summed E-state index contributed by atoms with van der Waals surface area (Å²) in [5.41, 5.74) is -1.02. The molecular weight excluding hydrogens is 384 g/mol. The van der Waals surface area contributed by atoms with Gasteiger partial charge in [0.25, 0.3) is 0 Å². The van der Waals surface area contributed by atoms with Gasteiger partial charge in [-0.15, -0.1) is 0 Å². The summed E-state index contributed by atoms with van der Waals surface area (Å²) in [4.78, 5) is 11.4. The van der Waals surface area contributed by atoms with E-state index >= 15 is 0 Å². The van der Waals surface area contributed by atoms with E-state index in [2.05, 4.69) is 79.8 Å². The number of carboxylic acids is 1. The van der Waals surface area contributed by atoms with Crippen molar-refractivity contribution in [2.45, 2.75) is 90.6 Å². The molecule has 0 saturated carbocycles. The predicted octanol–water partition coefficient (Wildman–Crippen LogP) is 8.12. The number of allylic oxidation sites excluding steroid dienone is 12. The second-order valence-corrected chi connectivity index (χ2v) is 7.41. The fraction of sp³-hybridized carbons (Fsp3) is 0.536. The van der Waals surface area contributed by atoms with E-state index in [1.165, 1.54) is 0 Å². The minimum atomic E-state index is -1.02. The van der Waals surface area contributed by atoms with E-state index in [0.29, 0.717) is 19.4 Å². The van der Waals surface area contributed by atoms with Crippen molar-refractivity contribution in [2.24, 2.45) is 0 Å². The summed E-state index contributed by atoms with van der Waals surface area (Å²) in [5, 5.41) is 9.33. The largest absolute Gasteiger partial charge is 0.479 e. The van der Waals surface area contributed by atoms with Crippen LogP contribution in [0.15, 0.2) is 72.9 Å². The lowest BCUT2D eigenvalue weighted by Gasteiger charge is -2.26. The fourth-order valence-corrected chi connectivity index (χ4v) is 2.93. The predicted molar refractivity (Wildman–Crippen MR) is 134 cm³/mol. The van der Waals surface area contributed by atoms with E-state index in [9.17, 15) is 9.90 Å². The summed E-state index contributed by atoms with van der Waals surface area (Å²) in [5.74, 6) is -0.855. The molecule has 0 heterocycles. The Balaban J connectivity index is 3.71. The Labute approximate surface area is 191 Å².